The summed E-state index contributed by atoms with van der Waals surface area (Å²) in [5, 5.41) is 18.1. The van der Waals surface area contributed by atoms with E-state index in [1.807, 2.05) is 0 Å². The van der Waals surface area contributed by atoms with E-state index < -0.39 is 24.2 Å². The van der Waals surface area contributed by atoms with Crippen LogP contribution in [0.1, 0.15) is 25.7 Å². The van der Waals surface area contributed by atoms with Gasteiger partial charge in [-0.25, -0.2) is 8.78 Å². The van der Waals surface area contributed by atoms with Crippen LogP contribution in [0.15, 0.2) is 0 Å². The average Bonchev–Trinajstić information content (AvgIpc) is 2.10. The van der Waals surface area contributed by atoms with Crippen molar-refractivity contribution in [3.05, 3.63) is 0 Å². The summed E-state index contributed by atoms with van der Waals surface area (Å²) in [5.74, 6) is -3.49. The van der Waals surface area contributed by atoms with Crippen molar-refractivity contribution in [2.75, 3.05) is 6.61 Å². The molecule has 1 rings (SSSR count). The van der Waals surface area contributed by atoms with E-state index in [-0.39, 0.29) is 18.8 Å². The van der Waals surface area contributed by atoms with Gasteiger partial charge in [-0.2, -0.15) is 0 Å². The van der Waals surface area contributed by atoms with Crippen LogP contribution in [0.5, 0.6) is 0 Å². The van der Waals surface area contributed by atoms with Gasteiger partial charge in [-0.05, 0) is 12.8 Å². The highest BCUT2D eigenvalue weighted by atomic mass is 35.5. The molecule has 0 aromatic rings. The van der Waals surface area contributed by atoms with E-state index in [4.69, 9.17) is 10.8 Å². The van der Waals surface area contributed by atoms with Gasteiger partial charge in [-0.3, -0.25) is 0 Å². The van der Waals surface area contributed by atoms with Crippen LogP contribution in [0.2, 0.25) is 0 Å². The van der Waals surface area contributed by atoms with Crippen LogP contribution in [-0.4, -0.2) is 34.4 Å². The van der Waals surface area contributed by atoms with E-state index in [9.17, 15) is 13.9 Å². The van der Waals surface area contributed by atoms with Crippen molar-refractivity contribution in [2.24, 2.45) is 5.73 Å². The maximum atomic E-state index is 13.1. The molecule has 6 heteroatoms. The topological polar surface area (TPSA) is 66.5 Å². The number of halogens is 3. The summed E-state index contributed by atoms with van der Waals surface area (Å²) in [6.07, 6.45) is 1.62. The molecule has 0 aliphatic heterocycles. The van der Waals surface area contributed by atoms with Crippen LogP contribution >= 0.6 is 12.4 Å². The highest BCUT2D eigenvalue weighted by Crippen LogP contribution is 2.39. The summed E-state index contributed by atoms with van der Waals surface area (Å²) < 4.78 is 26.2. The monoisotopic (exact) mass is 231 g/mol. The first-order chi connectivity index (χ1) is 5.94. The molecule has 0 amide bonds. The Balaban J connectivity index is 0.00000169. The Morgan fingerprint density at radius 2 is 2.00 bits per heavy atom. The Hall–Kier alpha value is 0.0300. The Morgan fingerprint density at radius 3 is 2.43 bits per heavy atom. The fraction of sp³-hybridized carbons (Fsp3) is 1.00. The maximum absolute atomic E-state index is 13.1. The van der Waals surface area contributed by atoms with Crippen molar-refractivity contribution in [3.8, 4) is 0 Å². The Labute approximate surface area is 87.7 Å². The molecule has 0 aromatic carbocycles. The SMILES string of the molecule is Cl.NC1CCCCC1(O)C(F)(F)CO. The van der Waals surface area contributed by atoms with Crippen molar-refractivity contribution in [1.82, 2.24) is 0 Å². The first kappa shape index (κ1) is 14.0. The predicted octanol–water partition coefficient (Wildman–Crippen LogP) is 0.668. The fourth-order valence-corrected chi connectivity index (χ4v) is 1.77. The number of alkyl halides is 2. The first-order valence-corrected chi connectivity index (χ1v) is 4.41. The van der Waals surface area contributed by atoms with Crippen molar-refractivity contribution in [2.45, 2.75) is 43.2 Å². The van der Waals surface area contributed by atoms with Gasteiger partial charge in [0.15, 0.2) is 0 Å². The Kier molecular flexibility index (Phi) is 4.71. The zero-order chi connectivity index (χ0) is 10.1. The molecule has 0 radical (unpaired) electrons. The number of aliphatic hydroxyl groups is 2. The zero-order valence-corrected chi connectivity index (χ0v) is 8.57. The summed E-state index contributed by atoms with van der Waals surface area (Å²) >= 11 is 0. The summed E-state index contributed by atoms with van der Waals surface area (Å²) in [5.41, 5.74) is 3.21. The van der Waals surface area contributed by atoms with Crippen molar-refractivity contribution >= 4 is 12.4 Å². The van der Waals surface area contributed by atoms with E-state index in [1.165, 1.54) is 0 Å². The Morgan fingerprint density at radius 1 is 1.43 bits per heavy atom. The van der Waals surface area contributed by atoms with Gasteiger partial charge in [0.25, 0.3) is 5.92 Å². The van der Waals surface area contributed by atoms with Crippen LogP contribution in [0.25, 0.3) is 0 Å². The lowest BCUT2D eigenvalue weighted by molar-refractivity contribution is -0.219. The highest BCUT2D eigenvalue weighted by Gasteiger charge is 2.56. The van der Waals surface area contributed by atoms with Gasteiger partial charge < -0.3 is 15.9 Å². The summed E-state index contributed by atoms with van der Waals surface area (Å²) in [6, 6.07) is -0.941. The third-order valence-electron chi connectivity index (χ3n) is 2.77. The quantitative estimate of drug-likeness (QED) is 0.655. The largest absolute Gasteiger partial charge is 0.390 e. The van der Waals surface area contributed by atoms with Crippen LogP contribution in [0.3, 0.4) is 0 Å². The average molecular weight is 232 g/mol. The van der Waals surface area contributed by atoms with Gasteiger partial charge in [-0.15, -0.1) is 12.4 Å². The molecule has 4 N–H and O–H groups in total. The molecule has 1 aliphatic rings. The molecule has 1 aliphatic carbocycles. The van der Waals surface area contributed by atoms with Crippen molar-refractivity contribution in [1.29, 1.82) is 0 Å². The molecule has 1 saturated carbocycles. The number of hydrogen-bond acceptors (Lipinski definition) is 3. The van der Waals surface area contributed by atoms with E-state index in [1.54, 1.807) is 0 Å². The summed E-state index contributed by atoms with van der Waals surface area (Å²) in [6.45, 7) is -1.35. The third-order valence-corrected chi connectivity index (χ3v) is 2.77. The minimum Gasteiger partial charge on any atom is -0.390 e. The van der Waals surface area contributed by atoms with Gasteiger partial charge in [-0.1, -0.05) is 12.8 Å². The second-order valence-electron chi connectivity index (χ2n) is 3.64. The number of hydrogen-bond donors (Lipinski definition) is 3. The predicted molar refractivity (Wildman–Crippen MR) is 50.7 cm³/mol. The molecule has 0 heterocycles. The number of aliphatic hydroxyl groups excluding tert-OH is 1. The van der Waals surface area contributed by atoms with Crippen LogP contribution in [-0.2, 0) is 0 Å². The first-order valence-electron chi connectivity index (χ1n) is 4.41. The fourth-order valence-electron chi connectivity index (χ4n) is 1.77. The molecular formula is C8H16ClF2NO2. The van der Waals surface area contributed by atoms with Crippen molar-refractivity contribution < 1.29 is 19.0 Å². The standard InChI is InChI=1S/C8H15F2NO2.ClH/c9-8(10,5-12)7(13)4-2-1-3-6(7)11;/h6,12-13H,1-5,11H2;1H. The van der Waals surface area contributed by atoms with E-state index >= 15 is 0 Å². The highest BCUT2D eigenvalue weighted by molar-refractivity contribution is 5.85. The second kappa shape index (κ2) is 4.70. The molecule has 0 bridgehead atoms. The third kappa shape index (κ3) is 2.16. The lowest BCUT2D eigenvalue weighted by Gasteiger charge is -2.42. The summed E-state index contributed by atoms with van der Waals surface area (Å²) in [7, 11) is 0. The minimum absolute atomic E-state index is 0. The molecule has 0 aromatic heterocycles. The Bertz CT molecular complexity index is 194. The van der Waals surface area contributed by atoms with Gasteiger partial charge in [0.05, 0.1) is 0 Å². The normalized spacial score (nSPS) is 33.6. The molecule has 86 valence electrons. The van der Waals surface area contributed by atoms with Crippen LogP contribution in [0, 0.1) is 0 Å². The van der Waals surface area contributed by atoms with Gasteiger partial charge in [0.2, 0.25) is 0 Å². The molecule has 0 spiro atoms. The minimum atomic E-state index is -3.49. The molecule has 14 heavy (non-hydrogen) atoms. The summed E-state index contributed by atoms with van der Waals surface area (Å²) in [4.78, 5) is 0. The molecule has 0 saturated heterocycles. The maximum Gasteiger partial charge on any atom is 0.300 e. The molecule has 2 atom stereocenters. The molecular weight excluding hydrogens is 216 g/mol. The molecule has 2 unspecified atom stereocenters. The van der Waals surface area contributed by atoms with E-state index in [0.29, 0.717) is 12.8 Å². The molecule has 1 fully saturated rings. The van der Waals surface area contributed by atoms with E-state index in [2.05, 4.69) is 0 Å². The molecule has 3 nitrogen and oxygen atoms in total. The van der Waals surface area contributed by atoms with Crippen LogP contribution in [0.4, 0.5) is 8.78 Å². The second-order valence-corrected chi connectivity index (χ2v) is 3.64. The number of nitrogens with two attached hydrogens (primary N) is 1. The lowest BCUT2D eigenvalue weighted by Crippen LogP contribution is -2.62. The zero-order valence-electron chi connectivity index (χ0n) is 7.75. The van der Waals surface area contributed by atoms with Gasteiger partial charge in [0, 0.05) is 6.04 Å². The van der Waals surface area contributed by atoms with Gasteiger partial charge in [0.1, 0.15) is 12.2 Å². The smallest absolute Gasteiger partial charge is 0.300 e. The van der Waals surface area contributed by atoms with Crippen molar-refractivity contribution in [3.63, 3.8) is 0 Å². The van der Waals surface area contributed by atoms with E-state index in [0.717, 1.165) is 6.42 Å². The van der Waals surface area contributed by atoms with Crippen LogP contribution < -0.4 is 5.73 Å². The van der Waals surface area contributed by atoms with Gasteiger partial charge >= 0.3 is 0 Å². The lowest BCUT2D eigenvalue weighted by atomic mass is 9.76. The number of rotatable bonds is 2.